The van der Waals surface area contributed by atoms with Crippen LogP contribution >= 0.6 is 25.3 Å². The van der Waals surface area contributed by atoms with Crippen molar-refractivity contribution in [3.8, 4) is 5.75 Å². The van der Waals surface area contributed by atoms with Crippen LogP contribution in [0.4, 0.5) is 0 Å². The maximum absolute atomic E-state index is 13.7. The van der Waals surface area contributed by atoms with Gasteiger partial charge in [0.1, 0.15) is 42.0 Å². The first-order valence-corrected chi connectivity index (χ1v) is 21.1. The van der Waals surface area contributed by atoms with Crippen LogP contribution in [0, 0.1) is 5.92 Å². The summed E-state index contributed by atoms with van der Waals surface area (Å²) in [6.45, 7) is 4.52. The Kier molecular flexibility index (Phi) is 22.2. The molecular weight excluding hydrogens is 823 g/mol. The molecule has 0 bridgehead atoms. The smallest absolute Gasteiger partial charge is 0.327 e. The van der Waals surface area contributed by atoms with Crippen LogP contribution in [0.5, 0.6) is 5.75 Å². The number of aliphatic carboxylic acids is 1. The minimum atomic E-state index is -1.55. The number of nitrogens with one attached hydrogen (secondary N) is 6. The summed E-state index contributed by atoms with van der Waals surface area (Å²) in [7, 11) is 0. The van der Waals surface area contributed by atoms with E-state index in [1.54, 1.807) is 26.0 Å². The molecule has 0 spiro atoms. The number of thiol groups is 2. The second-order valence-corrected chi connectivity index (χ2v) is 15.4. The van der Waals surface area contributed by atoms with Crippen molar-refractivity contribution in [2.75, 3.05) is 31.1 Å². The Morgan fingerprint density at radius 3 is 2.03 bits per heavy atom. The number of benzene rings is 1. The van der Waals surface area contributed by atoms with Crippen LogP contribution in [0.15, 0.2) is 24.3 Å². The van der Waals surface area contributed by atoms with Gasteiger partial charge in [-0.05, 0) is 69.2 Å². The van der Waals surface area contributed by atoms with Crippen LogP contribution in [0.1, 0.15) is 64.9 Å². The second kappa shape index (κ2) is 25.9. The van der Waals surface area contributed by atoms with Gasteiger partial charge in [0, 0.05) is 24.5 Å². The van der Waals surface area contributed by atoms with Gasteiger partial charge in [0.25, 0.3) is 0 Å². The van der Waals surface area contributed by atoms with E-state index in [0.717, 1.165) is 4.90 Å². The topological polar surface area (TPSA) is 325 Å². The number of phenols is 1. The predicted molar refractivity (Wildman–Crippen MR) is 227 cm³/mol. The Balaban J connectivity index is 2.19. The highest BCUT2D eigenvalue weighted by Crippen LogP contribution is 2.20. The molecule has 1 heterocycles. The zero-order valence-electron chi connectivity index (χ0n) is 34.1. The summed E-state index contributed by atoms with van der Waals surface area (Å²) < 4.78 is 0. The van der Waals surface area contributed by atoms with Gasteiger partial charge >= 0.3 is 5.97 Å². The lowest BCUT2D eigenvalue weighted by molar-refractivity contribution is -0.146. The first kappa shape index (κ1) is 51.5. The van der Waals surface area contributed by atoms with Crippen LogP contribution in [-0.2, 0) is 44.8 Å². The normalized spacial score (nSPS) is 17.7. The van der Waals surface area contributed by atoms with Gasteiger partial charge < -0.3 is 63.6 Å². The largest absolute Gasteiger partial charge is 0.508 e. The standard InChI is InChI=1S/C38H61N9O11S2/c1-4-20(2)30(45-34(53)26(43-32(51)24(40)18-59)16-22-10-12-23(49)13-11-22)36(55)41-17-29(50)42-25(8-5-6-14-39)33(52)46-31(21(3)48)37(56)47-15-7-9-28(47)35(54)44-27(19-60)38(57)58/h10-13,20-21,24-28,30-31,48-49,59-60H,4-9,14-19,39-40H2,1-3H3,(H,41,55)(H,42,50)(H,43,51)(H,44,54)(H,45,53)(H,46,52)(H,57,58)/t20-,21+,24-,25-,26-,27-,28-,30-,31-/m0/s1. The number of carbonyl (C=O) groups excluding carboxylic acids is 7. The van der Waals surface area contributed by atoms with E-state index in [4.69, 9.17) is 11.5 Å². The Bertz CT molecular complexity index is 1640. The van der Waals surface area contributed by atoms with E-state index in [2.05, 4.69) is 57.2 Å². The van der Waals surface area contributed by atoms with Gasteiger partial charge in [0.15, 0.2) is 0 Å². The van der Waals surface area contributed by atoms with Crippen molar-refractivity contribution in [2.45, 2.75) is 114 Å². The monoisotopic (exact) mass is 883 g/mol. The third-order valence-corrected chi connectivity index (χ3v) is 10.8. The first-order chi connectivity index (χ1) is 28.4. The molecule has 1 aromatic carbocycles. The molecule has 2 rings (SSSR count). The van der Waals surface area contributed by atoms with Gasteiger partial charge in [-0.2, -0.15) is 25.3 Å². The summed E-state index contributed by atoms with van der Waals surface area (Å²) in [5.41, 5.74) is 12.1. The number of carboxylic acid groups (broad SMARTS) is 1. The number of unbranched alkanes of at least 4 members (excludes halogenated alkanes) is 1. The highest BCUT2D eigenvalue weighted by molar-refractivity contribution is 7.80. The average molecular weight is 884 g/mol. The molecule has 0 radical (unpaired) electrons. The maximum Gasteiger partial charge on any atom is 0.327 e. The number of rotatable bonds is 25. The van der Waals surface area contributed by atoms with E-state index in [-0.39, 0.29) is 49.6 Å². The lowest BCUT2D eigenvalue weighted by Crippen LogP contribution is -2.60. The number of carboxylic acids is 1. The van der Waals surface area contributed by atoms with Gasteiger partial charge in [0.2, 0.25) is 41.4 Å². The fourth-order valence-electron chi connectivity index (χ4n) is 6.26. The molecule has 0 aromatic heterocycles. The number of nitrogens with two attached hydrogens (primary N) is 2. The fraction of sp³-hybridized carbons (Fsp3) is 0.632. The molecule has 20 nitrogen and oxygen atoms in total. The number of nitrogens with zero attached hydrogens (tertiary/aromatic N) is 1. The van der Waals surface area contributed by atoms with E-state index in [1.165, 1.54) is 19.1 Å². The molecule has 22 heteroatoms. The van der Waals surface area contributed by atoms with Crippen molar-refractivity contribution in [3.05, 3.63) is 29.8 Å². The van der Waals surface area contributed by atoms with Crippen LogP contribution in [0.2, 0.25) is 0 Å². The van der Waals surface area contributed by atoms with Crippen molar-refractivity contribution in [2.24, 2.45) is 17.4 Å². The number of aliphatic hydroxyl groups is 1. The van der Waals surface area contributed by atoms with Crippen LogP contribution in [0.3, 0.4) is 0 Å². The second-order valence-electron chi connectivity index (χ2n) is 14.7. The van der Waals surface area contributed by atoms with Crippen molar-refractivity contribution in [1.82, 2.24) is 36.8 Å². The Labute approximate surface area is 360 Å². The van der Waals surface area contributed by atoms with Crippen molar-refractivity contribution in [3.63, 3.8) is 0 Å². The van der Waals surface area contributed by atoms with Gasteiger partial charge in [-0.25, -0.2) is 4.79 Å². The molecule has 0 aliphatic carbocycles. The molecule has 60 heavy (non-hydrogen) atoms. The summed E-state index contributed by atoms with van der Waals surface area (Å²) in [5.74, 6) is -7.19. The SMILES string of the molecule is CC[C@H](C)[C@H](NC(=O)[C@H](Cc1ccc(O)cc1)NC(=O)[C@@H](N)CS)C(=O)NCC(=O)N[C@@H](CCCCN)C(=O)N[C@H](C(=O)N1CCC[C@H]1C(=O)N[C@@H](CS)C(=O)O)[C@@H](C)O. The van der Waals surface area contributed by atoms with Crippen molar-refractivity contribution in [1.29, 1.82) is 0 Å². The van der Waals surface area contributed by atoms with Gasteiger partial charge in [0.05, 0.1) is 18.7 Å². The van der Waals surface area contributed by atoms with E-state index in [1.807, 2.05) is 0 Å². The molecule has 1 aliphatic rings. The molecule has 1 aliphatic heterocycles. The van der Waals surface area contributed by atoms with Gasteiger partial charge in [-0.3, -0.25) is 33.6 Å². The predicted octanol–water partition coefficient (Wildman–Crippen LogP) is -2.71. The highest BCUT2D eigenvalue weighted by atomic mass is 32.1. The molecule has 0 unspecified atom stereocenters. The number of hydrogen-bond acceptors (Lipinski definition) is 14. The third-order valence-electron chi connectivity index (χ3n) is 10.0. The number of amides is 7. The highest BCUT2D eigenvalue weighted by Gasteiger charge is 2.41. The van der Waals surface area contributed by atoms with E-state index >= 15 is 0 Å². The number of carbonyl (C=O) groups is 8. The molecule has 9 atom stereocenters. The molecule has 7 amide bonds. The van der Waals surface area contributed by atoms with Crippen molar-refractivity contribution >= 4 is 72.6 Å². The lowest BCUT2D eigenvalue weighted by Gasteiger charge is -2.31. The zero-order chi connectivity index (χ0) is 45.1. The summed E-state index contributed by atoms with van der Waals surface area (Å²) >= 11 is 7.99. The molecule has 0 saturated carbocycles. The average Bonchev–Trinajstić information content (AvgIpc) is 3.72. The molecular formula is C38H61N9O11S2. The summed E-state index contributed by atoms with van der Waals surface area (Å²) in [6.07, 6.45) is 0.501. The van der Waals surface area contributed by atoms with E-state index in [0.29, 0.717) is 31.2 Å². The molecule has 1 fully saturated rings. The fourth-order valence-corrected chi connectivity index (χ4v) is 6.67. The third kappa shape index (κ3) is 16.1. The number of hydrogen-bond donors (Lipinski definition) is 13. The summed E-state index contributed by atoms with van der Waals surface area (Å²) in [5, 5.41) is 44.8. The number of phenolic OH excluding ortho intramolecular Hbond substituents is 1. The molecule has 1 saturated heterocycles. The summed E-state index contributed by atoms with van der Waals surface area (Å²) in [6, 6.07) is -2.56. The number of aromatic hydroxyl groups is 1. The minimum Gasteiger partial charge on any atom is -0.508 e. The molecule has 1 aromatic rings. The van der Waals surface area contributed by atoms with E-state index in [9.17, 15) is 53.7 Å². The maximum atomic E-state index is 13.7. The van der Waals surface area contributed by atoms with Crippen LogP contribution in [0.25, 0.3) is 0 Å². The van der Waals surface area contributed by atoms with E-state index < -0.39 is 108 Å². The van der Waals surface area contributed by atoms with Crippen LogP contribution in [-0.4, -0.2) is 147 Å². The Morgan fingerprint density at radius 1 is 0.833 bits per heavy atom. The first-order valence-electron chi connectivity index (χ1n) is 19.8. The number of likely N-dealkylation sites (tertiary alicyclic amines) is 1. The minimum absolute atomic E-state index is 0.00156. The quantitative estimate of drug-likeness (QED) is 0.0352. The van der Waals surface area contributed by atoms with Gasteiger partial charge in [-0.1, -0.05) is 32.4 Å². The lowest BCUT2D eigenvalue weighted by atomic mass is 9.97. The zero-order valence-corrected chi connectivity index (χ0v) is 35.9. The Hall–Kier alpha value is -4.64. The molecule has 13 N–H and O–H groups in total. The van der Waals surface area contributed by atoms with Gasteiger partial charge in [-0.15, -0.1) is 0 Å². The molecule has 336 valence electrons. The summed E-state index contributed by atoms with van der Waals surface area (Å²) in [4.78, 5) is 106. The van der Waals surface area contributed by atoms with Crippen molar-refractivity contribution < 1.29 is 53.7 Å². The Morgan fingerprint density at radius 2 is 1.47 bits per heavy atom. The number of aliphatic hydroxyl groups excluding tert-OH is 1. The van der Waals surface area contributed by atoms with Crippen LogP contribution < -0.4 is 43.4 Å².